The summed E-state index contributed by atoms with van der Waals surface area (Å²) >= 11 is 2.80. The molecule has 2 aromatic heterocycles. The molecule has 0 radical (unpaired) electrons. The Balaban J connectivity index is 1.86. The zero-order valence-electron chi connectivity index (χ0n) is 10.8. The van der Waals surface area contributed by atoms with Crippen LogP contribution in [-0.2, 0) is 13.0 Å². The molecule has 2 aromatic rings. The molecule has 102 valence electrons. The number of rotatable bonds is 5. The first-order valence-electron chi connectivity index (χ1n) is 5.96. The normalized spacial score (nSPS) is 10.4. The molecule has 19 heavy (non-hydrogen) atoms. The molecule has 2 heterocycles. The zero-order chi connectivity index (χ0) is 13.7. The van der Waals surface area contributed by atoms with E-state index in [0.717, 1.165) is 40.0 Å². The van der Waals surface area contributed by atoms with Crippen LogP contribution in [-0.4, -0.2) is 20.6 Å². The van der Waals surface area contributed by atoms with Gasteiger partial charge in [0.1, 0.15) is 5.00 Å². The number of hydrogen-bond acceptors (Lipinski definition) is 6. The van der Waals surface area contributed by atoms with Gasteiger partial charge in [0.05, 0.1) is 23.4 Å². The number of aromatic nitrogens is 3. The third-order valence-electron chi connectivity index (χ3n) is 2.41. The number of anilines is 1. The molecule has 0 aliphatic carbocycles. The second-order valence-corrected chi connectivity index (χ2v) is 5.91. The minimum Gasteiger partial charge on any atom is -0.333 e. The third kappa shape index (κ3) is 3.97. The molecule has 0 aliphatic heterocycles. The summed E-state index contributed by atoms with van der Waals surface area (Å²) in [5.74, 6) is 0. The van der Waals surface area contributed by atoms with Crippen molar-refractivity contribution in [1.82, 2.24) is 19.9 Å². The fourth-order valence-corrected chi connectivity index (χ4v) is 3.04. The number of hydrogen-bond donors (Lipinski definition) is 2. The third-order valence-corrected chi connectivity index (χ3v) is 4.21. The molecule has 0 saturated carbocycles. The lowest BCUT2D eigenvalue weighted by atomic mass is 10.3. The van der Waals surface area contributed by atoms with Crippen molar-refractivity contribution >= 4 is 33.9 Å². The van der Waals surface area contributed by atoms with Crippen LogP contribution in [0.5, 0.6) is 0 Å². The van der Waals surface area contributed by atoms with E-state index in [-0.39, 0.29) is 6.03 Å². The zero-order valence-corrected chi connectivity index (χ0v) is 12.4. The fraction of sp³-hybridized carbons (Fsp3) is 0.455. The molecule has 0 fully saturated rings. The van der Waals surface area contributed by atoms with E-state index in [2.05, 4.69) is 32.1 Å². The van der Waals surface area contributed by atoms with Crippen LogP contribution < -0.4 is 10.6 Å². The van der Waals surface area contributed by atoms with E-state index in [0.29, 0.717) is 11.5 Å². The molecule has 2 rings (SSSR count). The lowest BCUT2D eigenvalue weighted by Crippen LogP contribution is -2.27. The quantitative estimate of drug-likeness (QED) is 0.889. The number of carbonyl (C=O) groups is 1. The van der Waals surface area contributed by atoms with Gasteiger partial charge in [0.2, 0.25) is 0 Å². The number of urea groups is 1. The molecule has 0 aliphatic rings. The Morgan fingerprint density at radius 2 is 2.32 bits per heavy atom. The second-order valence-electron chi connectivity index (χ2n) is 3.96. The Bertz CT molecular complexity index is 537. The van der Waals surface area contributed by atoms with Gasteiger partial charge in [-0.05, 0) is 19.8 Å². The molecule has 6 nitrogen and oxygen atoms in total. The average molecular weight is 297 g/mol. The van der Waals surface area contributed by atoms with Crippen LogP contribution in [0.4, 0.5) is 9.80 Å². The maximum atomic E-state index is 11.6. The van der Waals surface area contributed by atoms with Crippen LogP contribution in [0.3, 0.4) is 0 Å². The largest absolute Gasteiger partial charge is 0.333 e. The Morgan fingerprint density at radius 1 is 1.47 bits per heavy atom. The van der Waals surface area contributed by atoms with E-state index in [1.807, 2.05) is 6.92 Å². The molecular formula is C11H15N5OS2. The van der Waals surface area contributed by atoms with Gasteiger partial charge in [-0.15, -0.1) is 16.4 Å². The smallest absolute Gasteiger partial charge is 0.320 e. The van der Waals surface area contributed by atoms with Gasteiger partial charge in [-0.25, -0.2) is 9.78 Å². The highest BCUT2D eigenvalue weighted by molar-refractivity contribution is 7.11. The summed E-state index contributed by atoms with van der Waals surface area (Å²) in [4.78, 5) is 17.2. The minimum absolute atomic E-state index is 0.254. The number of amides is 2. The average Bonchev–Trinajstić information content (AvgIpc) is 2.97. The molecule has 8 heteroatoms. The Morgan fingerprint density at radius 3 is 3.00 bits per heavy atom. The van der Waals surface area contributed by atoms with Crippen molar-refractivity contribution in [2.24, 2.45) is 0 Å². The number of thiazole rings is 1. The van der Waals surface area contributed by atoms with E-state index < -0.39 is 0 Å². The van der Waals surface area contributed by atoms with E-state index in [1.54, 1.807) is 11.3 Å². The Labute approximate surface area is 119 Å². The monoisotopic (exact) mass is 297 g/mol. The van der Waals surface area contributed by atoms with Gasteiger partial charge in [0, 0.05) is 16.4 Å². The van der Waals surface area contributed by atoms with Crippen molar-refractivity contribution in [3.8, 4) is 0 Å². The molecule has 0 bridgehead atoms. The predicted octanol–water partition coefficient (Wildman–Crippen LogP) is 2.58. The summed E-state index contributed by atoms with van der Waals surface area (Å²) in [7, 11) is 0. The van der Waals surface area contributed by atoms with Gasteiger partial charge in [0.15, 0.2) is 0 Å². The van der Waals surface area contributed by atoms with Crippen molar-refractivity contribution in [1.29, 1.82) is 0 Å². The topological polar surface area (TPSA) is 79.8 Å². The van der Waals surface area contributed by atoms with Crippen molar-refractivity contribution in [3.05, 3.63) is 21.8 Å². The van der Waals surface area contributed by atoms with Gasteiger partial charge >= 0.3 is 6.03 Å². The van der Waals surface area contributed by atoms with Crippen LogP contribution in [0.25, 0.3) is 0 Å². The maximum absolute atomic E-state index is 11.6. The molecule has 0 aromatic carbocycles. The van der Waals surface area contributed by atoms with Crippen LogP contribution >= 0.6 is 22.9 Å². The van der Waals surface area contributed by atoms with Gasteiger partial charge in [-0.2, -0.15) is 0 Å². The molecular weight excluding hydrogens is 282 g/mol. The lowest BCUT2D eigenvalue weighted by Gasteiger charge is -2.03. The summed E-state index contributed by atoms with van der Waals surface area (Å²) in [6, 6.07) is -0.254. The second kappa shape index (κ2) is 6.58. The van der Waals surface area contributed by atoms with E-state index in [9.17, 15) is 4.79 Å². The van der Waals surface area contributed by atoms with E-state index >= 15 is 0 Å². The number of nitrogens with zero attached hydrogens (tertiary/aromatic N) is 3. The molecule has 0 atom stereocenters. The van der Waals surface area contributed by atoms with Crippen molar-refractivity contribution < 1.29 is 4.79 Å². The van der Waals surface area contributed by atoms with Crippen molar-refractivity contribution in [2.45, 2.75) is 33.2 Å². The van der Waals surface area contributed by atoms with Gasteiger partial charge < -0.3 is 5.32 Å². The summed E-state index contributed by atoms with van der Waals surface area (Å²) in [5.41, 5.74) is 0.994. The summed E-state index contributed by atoms with van der Waals surface area (Å²) in [5, 5.41) is 10.9. The molecule has 0 unspecified atom stereocenters. The first-order chi connectivity index (χ1) is 9.19. The first-order valence-corrected chi connectivity index (χ1v) is 7.55. The highest BCUT2D eigenvalue weighted by Crippen LogP contribution is 2.19. The number of carbonyl (C=O) groups excluding carboxylic acids is 1. The molecule has 0 saturated heterocycles. The van der Waals surface area contributed by atoms with Gasteiger partial charge in [-0.3, -0.25) is 5.32 Å². The predicted molar refractivity (Wildman–Crippen MR) is 76.6 cm³/mol. The minimum atomic E-state index is -0.254. The van der Waals surface area contributed by atoms with Gasteiger partial charge in [0.25, 0.3) is 0 Å². The number of nitrogens with one attached hydrogen (secondary N) is 2. The Hall–Kier alpha value is -1.54. The van der Waals surface area contributed by atoms with Crippen LogP contribution in [0.1, 0.15) is 28.9 Å². The summed E-state index contributed by atoms with van der Waals surface area (Å²) < 4.78 is 3.67. The lowest BCUT2D eigenvalue weighted by molar-refractivity contribution is 0.252. The molecule has 2 amide bonds. The van der Waals surface area contributed by atoms with Crippen LogP contribution in [0, 0.1) is 6.92 Å². The number of aryl methyl sites for hydroxylation is 2. The highest BCUT2D eigenvalue weighted by Gasteiger charge is 2.09. The van der Waals surface area contributed by atoms with Crippen LogP contribution in [0.2, 0.25) is 0 Å². The first kappa shape index (κ1) is 13.9. The van der Waals surface area contributed by atoms with Crippen molar-refractivity contribution in [2.75, 3.05) is 5.32 Å². The Kier molecular flexibility index (Phi) is 4.80. The fourth-order valence-electron chi connectivity index (χ4n) is 1.51. The summed E-state index contributed by atoms with van der Waals surface area (Å²) in [6.45, 7) is 4.59. The van der Waals surface area contributed by atoms with Crippen molar-refractivity contribution in [3.63, 3.8) is 0 Å². The molecule has 2 N–H and O–H groups in total. The van der Waals surface area contributed by atoms with Crippen LogP contribution in [0.15, 0.2) is 6.20 Å². The maximum Gasteiger partial charge on any atom is 0.320 e. The van der Waals surface area contributed by atoms with E-state index in [4.69, 9.17) is 0 Å². The van der Waals surface area contributed by atoms with E-state index in [1.165, 1.54) is 6.20 Å². The van der Waals surface area contributed by atoms with Gasteiger partial charge in [-0.1, -0.05) is 11.4 Å². The highest BCUT2D eigenvalue weighted by atomic mass is 32.1. The standard InChI is InChI=1S/C11H15N5OS2/c1-3-4-9-14-7(2)8(18-9)5-12-11(17)15-10-6-13-16-19-10/h6H,3-5H2,1-2H3,(H2,12,15,17). The SMILES string of the molecule is CCCc1nc(C)c(CNC(=O)Nc2cnns2)s1. The summed E-state index contributed by atoms with van der Waals surface area (Å²) in [6.07, 6.45) is 3.59. The molecule has 0 spiro atoms.